The van der Waals surface area contributed by atoms with Crippen molar-refractivity contribution in [2.24, 2.45) is 17.8 Å². The Labute approximate surface area is 78.1 Å². The molecule has 1 aliphatic rings. The Hall–Kier alpha value is -0.600. The van der Waals surface area contributed by atoms with Gasteiger partial charge in [0.2, 0.25) is 0 Å². The van der Waals surface area contributed by atoms with Gasteiger partial charge in [0.05, 0.1) is 0 Å². The monoisotopic (exact) mass is 188 g/mol. The van der Waals surface area contributed by atoms with Gasteiger partial charge in [-0.1, -0.05) is 13.8 Å². The number of rotatable bonds is 2. The van der Waals surface area contributed by atoms with Crippen LogP contribution >= 0.6 is 0 Å². The predicted molar refractivity (Wildman–Crippen MR) is 48.2 cm³/mol. The largest absolute Gasteiger partial charge is 0.479 e. The van der Waals surface area contributed by atoms with E-state index in [1.165, 1.54) is 0 Å². The zero-order valence-corrected chi connectivity index (χ0v) is 8.16. The minimum atomic E-state index is -1.66. The van der Waals surface area contributed by atoms with Crippen molar-refractivity contribution in [3.63, 3.8) is 0 Å². The average Bonchev–Trinajstić information content (AvgIpc) is 2.01. The highest BCUT2D eigenvalue weighted by Gasteiger charge is 2.33. The van der Waals surface area contributed by atoms with Gasteiger partial charge in [0.15, 0.2) is 6.17 Å². The molecule has 0 bridgehead atoms. The molecule has 1 N–H and O–H groups in total. The standard InChI is InChI=1S/C10H17FO2/c1-6-3-7(2)5-8(4-6)9(11)10(12)13/h6-9H,3-5H2,1-2H3,(H,12,13). The summed E-state index contributed by atoms with van der Waals surface area (Å²) in [5.41, 5.74) is 0. The van der Waals surface area contributed by atoms with Gasteiger partial charge >= 0.3 is 5.97 Å². The minimum Gasteiger partial charge on any atom is -0.479 e. The molecule has 1 rings (SSSR count). The van der Waals surface area contributed by atoms with Crippen molar-refractivity contribution in [1.29, 1.82) is 0 Å². The van der Waals surface area contributed by atoms with Gasteiger partial charge in [0.1, 0.15) is 0 Å². The molecular formula is C10H17FO2. The summed E-state index contributed by atoms with van der Waals surface area (Å²) in [7, 11) is 0. The number of carboxylic acids is 1. The Kier molecular flexibility index (Phi) is 3.28. The molecule has 0 saturated heterocycles. The van der Waals surface area contributed by atoms with Crippen molar-refractivity contribution in [1.82, 2.24) is 0 Å². The van der Waals surface area contributed by atoms with E-state index in [0.29, 0.717) is 11.8 Å². The van der Waals surface area contributed by atoms with E-state index >= 15 is 0 Å². The van der Waals surface area contributed by atoms with Crippen molar-refractivity contribution in [3.05, 3.63) is 0 Å². The van der Waals surface area contributed by atoms with Crippen LogP contribution in [0.1, 0.15) is 33.1 Å². The van der Waals surface area contributed by atoms with Gasteiger partial charge in [-0.15, -0.1) is 0 Å². The third-order valence-electron chi connectivity index (χ3n) is 2.86. The van der Waals surface area contributed by atoms with E-state index in [1.54, 1.807) is 0 Å². The summed E-state index contributed by atoms with van der Waals surface area (Å²) in [6, 6.07) is 0. The molecule has 0 amide bonds. The van der Waals surface area contributed by atoms with E-state index in [4.69, 9.17) is 5.11 Å². The van der Waals surface area contributed by atoms with Crippen LogP contribution in [0.3, 0.4) is 0 Å². The lowest BCUT2D eigenvalue weighted by molar-refractivity contribution is -0.145. The van der Waals surface area contributed by atoms with Crippen LogP contribution < -0.4 is 0 Å². The molecule has 0 radical (unpaired) electrons. The lowest BCUT2D eigenvalue weighted by atomic mass is 9.75. The van der Waals surface area contributed by atoms with Gasteiger partial charge in [-0.2, -0.15) is 0 Å². The molecule has 1 aliphatic carbocycles. The van der Waals surface area contributed by atoms with Crippen molar-refractivity contribution in [2.45, 2.75) is 39.3 Å². The quantitative estimate of drug-likeness (QED) is 0.722. The molecule has 3 unspecified atom stereocenters. The number of carbonyl (C=O) groups is 1. The molecule has 2 nitrogen and oxygen atoms in total. The SMILES string of the molecule is CC1CC(C)CC(C(F)C(=O)O)C1. The fourth-order valence-electron chi connectivity index (χ4n) is 2.45. The smallest absolute Gasteiger partial charge is 0.338 e. The van der Waals surface area contributed by atoms with Crippen LogP contribution in [0.15, 0.2) is 0 Å². The molecule has 0 aromatic rings. The normalized spacial score (nSPS) is 37.0. The van der Waals surface area contributed by atoms with E-state index in [0.717, 1.165) is 19.3 Å². The van der Waals surface area contributed by atoms with Gasteiger partial charge in [-0.05, 0) is 31.1 Å². The van der Waals surface area contributed by atoms with E-state index < -0.39 is 12.1 Å². The summed E-state index contributed by atoms with van der Waals surface area (Å²) in [5.74, 6) is -0.639. The van der Waals surface area contributed by atoms with Crippen molar-refractivity contribution in [2.75, 3.05) is 0 Å². The first-order valence-corrected chi connectivity index (χ1v) is 4.87. The zero-order chi connectivity index (χ0) is 10.0. The Balaban J connectivity index is 2.54. The first-order valence-electron chi connectivity index (χ1n) is 4.87. The fraction of sp³-hybridized carbons (Fsp3) is 0.900. The number of hydrogen-bond donors (Lipinski definition) is 1. The fourth-order valence-corrected chi connectivity index (χ4v) is 2.45. The second kappa shape index (κ2) is 4.07. The maximum atomic E-state index is 13.2. The summed E-state index contributed by atoms with van der Waals surface area (Å²) < 4.78 is 13.2. The second-order valence-corrected chi connectivity index (χ2v) is 4.42. The van der Waals surface area contributed by atoms with Crippen LogP contribution in [0.4, 0.5) is 4.39 Å². The molecule has 0 aromatic carbocycles. The molecule has 1 saturated carbocycles. The van der Waals surface area contributed by atoms with E-state index in [-0.39, 0.29) is 5.92 Å². The lowest BCUT2D eigenvalue weighted by Gasteiger charge is -2.31. The van der Waals surface area contributed by atoms with Crippen LogP contribution in [-0.2, 0) is 4.79 Å². The topological polar surface area (TPSA) is 37.3 Å². The van der Waals surface area contributed by atoms with Crippen LogP contribution in [0, 0.1) is 17.8 Å². The van der Waals surface area contributed by atoms with E-state index in [2.05, 4.69) is 13.8 Å². The number of carboxylic acid groups (broad SMARTS) is 1. The maximum absolute atomic E-state index is 13.2. The first-order chi connectivity index (χ1) is 6.00. The summed E-state index contributed by atoms with van der Waals surface area (Å²) in [6.07, 6.45) is 0.878. The minimum absolute atomic E-state index is 0.267. The number of halogens is 1. The van der Waals surface area contributed by atoms with Gasteiger partial charge < -0.3 is 5.11 Å². The van der Waals surface area contributed by atoms with Crippen molar-refractivity contribution >= 4 is 5.97 Å². The van der Waals surface area contributed by atoms with Gasteiger partial charge in [0, 0.05) is 5.92 Å². The highest BCUT2D eigenvalue weighted by molar-refractivity contribution is 5.72. The van der Waals surface area contributed by atoms with Crippen LogP contribution in [0.25, 0.3) is 0 Å². The lowest BCUT2D eigenvalue weighted by Crippen LogP contribution is -2.31. The van der Waals surface area contributed by atoms with E-state index in [9.17, 15) is 9.18 Å². The molecule has 0 aromatic heterocycles. The average molecular weight is 188 g/mol. The predicted octanol–water partition coefficient (Wildman–Crippen LogP) is 2.48. The molecule has 0 heterocycles. The molecule has 0 aliphatic heterocycles. The Morgan fingerprint density at radius 3 is 2.15 bits per heavy atom. The number of hydrogen-bond acceptors (Lipinski definition) is 1. The molecule has 76 valence electrons. The molecular weight excluding hydrogens is 171 g/mol. The summed E-state index contributed by atoms with van der Waals surface area (Å²) in [4.78, 5) is 10.4. The van der Waals surface area contributed by atoms with Crippen LogP contribution in [0.2, 0.25) is 0 Å². The Morgan fingerprint density at radius 2 is 1.77 bits per heavy atom. The first kappa shape index (κ1) is 10.5. The van der Waals surface area contributed by atoms with Crippen molar-refractivity contribution < 1.29 is 14.3 Å². The summed E-state index contributed by atoms with van der Waals surface area (Å²) in [5, 5.41) is 8.53. The Morgan fingerprint density at radius 1 is 1.31 bits per heavy atom. The molecule has 3 atom stereocenters. The summed E-state index contributed by atoms with van der Waals surface area (Å²) >= 11 is 0. The van der Waals surface area contributed by atoms with Crippen molar-refractivity contribution in [3.8, 4) is 0 Å². The van der Waals surface area contributed by atoms with Crippen LogP contribution in [-0.4, -0.2) is 17.2 Å². The van der Waals surface area contributed by atoms with Crippen LogP contribution in [0.5, 0.6) is 0 Å². The third-order valence-corrected chi connectivity index (χ3v) is 2.86. The zero-order valence-electron chi connectivity index (χ0n) is 8.16. The number of alkyl halides is 1. The maximum Gasteiger partial charge on any atom is 0.338 e. The highest BCUT2D eigenvalue weighted by Crippen LogP contribution is 2.35. The molecule has 0 spiro atoms. The van der Waals surface area contributed by atoms with E-state index in [1.807, 2.05) is 0 Å². The second-order valence-electron chi connectivity index (χ2n) is 4.42. The molecule has 3 heteroatoms. The molecule has 1 fully saturated rings. The summed E-state index contributed by atoms with van der Waals surface area (Å²) in [6.45, 7) is 4.13. The van der Waals surface area contributed by atoms with Gasteiger partial charge in [-0.3, -0.25) is 0 Å². The Bertz CT molecular complexity index is 183. The van der Waals surface area contributed by atoms with Gasteiger partial charge in [-0.25, -0.2) is 9.18 Å². The highest BCUT2D eigenvalue weighted by atomic mass is 19.1. The molecule has 13 heavy (non-hydrogen) atoms. The van der Waals surface area contributed by atoms with Gasteiger partial charge in [0.25, 0.3) is 0 Å². The third kappa shape index (κ3) is 2.68. The number of aliphatic carboxylic acids is 1.